The first-order valence-electron chi connectivity index (χ1n) is 10.2. The number of morpholine rings is 1. The first-order chi connectivity index (χ1) is 14.9. The van der Waals surface area contributed by atoms with Gasteiger partial charge >= 0.3 is 0 Å². The van der Waals surface area contributed by atoms with Crippen LogP contribution in [0, 0.1) is 19.7 Å². The number of rotatable bonds is 6. The average Bonchev–Trinajstić information content (AvgIpc) is 3.06. The van der Waals surface area contributed by atoms with Gasteiger partial charge in [-0.05, 0) is 37.1 Å². The summed E-state index contributed by atoms with van der Waals surface area (Å²) in [7, 11) is 0. The lowest BCUT2D eigenvalue weighted by Gasteiger charge is -2.35. The third-order valence-corrected chi connectivity index (χ3v) is 6.82. The van der Waals surface area contributed by atoms with Gasteiger partial charge in [0.25, 0.3) is 5.56 Å². The highest BCUT2D eigenvalue weighted by molar-refractivity contribution is 7.18. The van der Waals surface area contributed by atoms with Crippen molar-refractivity contribution in [3.63, 3.8) is 0 Å². The molecule has 1 aromatic carbocycles. The van der Waals surface area contributed by atoms with Crippen molar-refractivity contribution in [2.45, 2.75) is 26.4 Å². The Morgan fingerprint density at radius 1 is 1.26 bits per heavy atom. The van der Waals surface area contributed by atoms with E-state index in [9.17, 15) is 14.0 Å². The van der Waals surface area contributed by atoms with E-state index < -0.39 is 0 Å². The highest BCUT2D eigenvalue weighted by Crippen LogP contribution is 2.25. The summed E-state index contributed by atoms with van der Waals surface area (Å²) in [5.41, 5.74) is 1.63. The Morgan fingerprint density at radius 2 is 1.97 bits per heavy atom. The smallest absolute Gasteiger partial charge is 0.262 e. The summed E-state index contributed by atoms with van der Waals surface area (Å²) in [5, 5.41) is 3.52. The fourth-order valence-corrected chi connectivity index (χ4v) is 4.82. The van der Waals surface area contributed by atoms with Crippen LogP contribution in [-0.2, 0) is 16.1 Å². The summed E-state index contributed by atoms with van der Waals surface area (Å²) in [5.74, 6) is -0.567. The molecule has 1 aliphatic rings. The van der Waals surface area contributed by atoms with Crippen LogP contribution in [0.25, 0.3) is 10.2 Å². The molecule has 0 radical (unpaired) electrons. The van der Waals surface area contributed by atoms with Crippen LogP contribution in [0.2, 0.25) is 0 Å². The van der Waals surface area contributed by atoms with Crippen LogP contribution in [0.1, 0.15) is 22.0 Å². The zero-order valence-electron chi connectivity index (χ0n) is 17.6. The number of hydrogen-bond donors (Lipinski definition) is 1. The average molecular weight is 445 g/mol. The van der Waals surface area contributed by atoms with Gasteiger partial charge in [0.15, 0.2) is 0 Å². The van der Waals surface area contributed by atoms with E-state index in [1.54, 1.807) is 12.1 Å². The van der Waals surface area contributed by atoms with E-state index in [0.717, 1.165) is 29.1 Å². The zero-order valence-corrected chi connectivity index (χ0v) is 18.4. The van der Waals surface area contributed by atoms with Gasteiger partial charge in [-0.3, -0.25) is 19.1 Å². The Hall–Kier alpha value is -2.62. The molecule has 3 aromatic rings. The van der Waals surface area contributed by atoms with Crippen molar-refractivity contribution in [3.8, 4) is 0 Å². The maximum Gasteiger partial charge on any atom is 0.262 e. The molecule has 9 heteroatoms. The molecule has 1 fully saturated rings. The second-order valence-electron chi connectivity index (χ2n) is 7.66. The quantitative estimate of drug-likeness (QED) is 0.632. The number of nitrogens with one attached hydrogen (secondary N) is 1. The van der Waals surface area contributed by atoms with Crippen LogP contribution >= 0.6 is 11.3 Å². The summed E-state index contributed by atoms with van der Waals surface area (Å²) in [6.45, 7) is 6.80. The van der Waals surface area contributed by atoms with E-state index in [2.05, 4.69) is 15.2 Å². The van der Waals surface area contributed by atoms with Gasteiger partial charge in [0.2, 0.25) is 5.91 Å². The van der Waals surface area contributed by atoms with Crippen LogP contribution in [0.3, 0.4) is 0 Å². The molecule has 31 heavy (non-hydrogen) atoms. The highest BCUT2D eigenvalue weighted by Gasteiger charge is 2.23. The molecule has 1 N–H and O–H groups in total. The van der Waals surface area contributed by atoms with Crippen LogP contribution < -0.4 is 10.9 Å². The second-order valence-corrected chi connectivity index (χ2v) is 8.86. The van der Waals surface area contributed by atoms with Gasteiger partial charge in [-0.25, -0.2) is 9.37 Å². The lowest BCUT2D eigenvalue weighted by molar-refractivity contribution is -0.122. The molecule has 1 aliphatic heterocycles. The highest BCUT2D eigenvalue weighted by atomic mass is 32.1. The molecule has 7 nitrogen and oxygen atoms in total. The molecule has 0 aliphatic carbocycles. The summed E-state index contributed by atoms with van der Waals surface area (Å²) in [6.07, 6.45) is 1.43. The van der Waals surface area contributed by atoms with E-state index in [1.807, 2.05) is 13.8 Å². The molecule has 3 heterocycles. The van der Waals surface area contributed by atoms with Crippen molar-refractivity contribution in [1.29, 1.82) is 0 Å². The molecular weight excluding hydrogens is 419 g/mol. The monoisotopic (exact) mass is 444 g/mol. The normalized spacial score (nSPS) is 15.8. The van der Waals surface area contributed by atoms with Crippen molar-refractivity contribution in [2.24, 2.45) is 0 Å². The van der Waals surface area contributed by atoms with E-state index in [0.29, 0.717) is 30.0 Å². The van der Waals surface area contributed by atoms with Crippen molar-refractivity contribution in [1.82, 2.24) is 19.8 Å². The molecule has 4 rings (SSSR count). The predicted molar refractivity (Wildman–Crippen MR) is 118 cm³/mol. The van der Waals surface area contributed by atoms with Gasteiger partial charge in [-0.2, -0.15) is 0 Å². The number of benzene rings is 1. The number of thiophene rings is 1. The summed E-state index contributed by atoms with van der Waals surface area (Å²) in [4.78, 5) is 33.8. The molecule has 164 valence electrons. The number of aromatic nitrogens is 2. The summed E-state index contributed by atoms with van der Waals surface area (Å²) in [6, 6.07) is 6.23. The lowest BCUT2D eigenvalue weighted by atomic mass is 10.0. The fourth-order valence-electron chi connectivity index (χ4n) is 3.84. The van der Waals surface area contributed by atoms with Crippen LogP contribution in [0.4, 0.5) is 4.39 Å². The number of carbonyl (C=O) groups excluding carboxylic acids is 1. The maximum atomic E-state index is 13.4. The zero-order chi connectivity index (χ0) is 22.0. The van der Waals surface area contributed by atoms with Gasteiger partial charge in [-0.1, -0.05) is 12.1 Å². The second kappa shape index (κ2) is 9.25. The van der Waals surface area contributed by atoms with Crippen molar-refractivity contribution in [2.75, 3.05) is 32.8 Å². The van der Waals surface area contributed by atoms with Crippen molar-refractivity contribution in [3.05, 3.63) is 62.8 Å². The SMILES string of the molecule is Cc1sc2ncn(CC(=O)NCC(c3ccc(F)cc3)N3CCOCC3)c(=O)c2c1C. The van der Waals surface area contributed by atoms with Gasteiger partial charge in [0.1, 0.15) is 17.2 Å². The molecule has 1 atom stereocenters. The number of fused-ring (bicyclic) bond motifs is 1. The molecule has 0 saturated carbocycles. The first-order valence-corrected chi connectivity index (χ1v) is 11.0. The van der Waals surface area contributed by atoms with Crippen molar-refractivity contribution < 1.29 is 13.9 Å². The standard InChI is InChI=1S/C22H25FN4O3S/c1-14-15(2)31-21-20(14)22(29)27(13-25-21)12-19(28)24-11-18(26-7-9-30-10-8-26)16-3-5-17(23)6-4-16/h3-6,13,18H,7-12H2,1-2H3,(H,24,28). The van der Waals surface area contributed by atoms with Gasteiger partial charge in [-0.15, -0.1) is 11.3 Å². The number of ether oxygens (including phenoxy) is 1. The van der Waals surface area contributed by atoms with Crippen LogP contribution in [0.15, 0.2) is 35.4 Å². The molecule has 1 unspecified atom stereocenters. The lowest BCUT2D eigenvalue weighted by Crippen LogP contribution is -2.44. The minimum atomic E-state index is -0.297. The van der Waals surface area contributed by atoms with Gasteiger partial charge in [0.05, 0.1) is 31.0 Å². The number of carbonyl (C=O) groups is 1. The van der Waals surface area contributed by atoms with Crippen LogP contribution in [0.5, 0.6) is 0 Å². The third kappa shape index (κ3) is 4.68. The summed E-state index contributed by atoms with van der Waals surface area (Å²) >= 11 is 1.48. The summed E-state index contributed by atoms with van der Waals surface area (Å²) < 4.78 is 20.2. The number of hydrogen-bond acceptors (Lipinski definition) is 6. The van der Waals surface area contributed by atoms with Gasteiger partial charge in [0, 0.05) is 24.5 Å². The Labute approximate surface area is 183 Å². The fraction of sp³-hybridized carbons (Fsp3) is 0.409. The predicted octanol–water partition coefficient (Wildman–Crippen LogP) is 2.40. The van der Waals surface area contributed by atoms with Gasteiger partial charge < -0.3 is 10.1 Å². The van der Waals surface area contributed by atoms with Crippen LogP contribution in [-0.4, -0.2) is 53.2 Å². The Kier molecular flexibility index (Phi) is 6.45. The van der Waals surface area contributed by atoms with E-state index in [4.69, 9.17) is 4.74 Å². The third-order valence-electron chi connectivity index (χ3n) is 5.70. The molecule has 0 spiro atoms. The molecule has 0 bridgehead atoms. The minimum Gasteiger partial charge on any atom is -0.379 e. The van der Waals surface area contributed by atoms with E-state index >= 15 is 0 Å². The van der Waals surface area contributed by atoms with Crippen molar-refractivity contribution >= 4 is 27.5 Å². The maximum absolute atomic E-state index is 13.4. The Bertz CT molecular complexity index is 1140. The van der Waals surface area contributed by atoms with E-state index in [1.165, 1.54) is 34.4 Å². The topological polar surface area (TPSA) is 76.5 Å². The minimum absolute atomic E-state index is 0.102. The molecular formula is C22H25FN4O3S. The Morgan fingerprint density at radius 3 is 2.68 bits per heavy atom. The molecule has 2 aromatic heterocycles. The number of nitrogens with zero attached hydrogens (tertiary/aromatic N) is 3. The number of aryl methyl sites for hydroxylation is 2. The molecule has 1 saturated heterocycles. The largest absolute Gasteiger partial charge is 0.379 e. The van der Waals surface area contributed by atoms with E-state index in [-0.39, 0.29) is 29.9 Å². The Balaban J connectivity index is 1.48. The number of halogens is 1. The number of amides is 1. The molecule has 1 amide bonds. The first kappa shape index (κ1) is 21.6.